The van der Waals surface area contributed by atoms with Gasteiger partial charge in [0.1, 0.15) is 5.75 Å². The van der Waals surface area contributed by atoms with Crippen molar-refractivity contribution in [2.24, 2.45) is 5.10 Å². The van der Waals surface area contributed by atoms with Crippen LogP contribution in [0.15, 0.2) is 53.6 Å². The van der Waals surface area contributed by atoms with Gasteiger partial charge >= 0.3 is 0 Å². The SMILES string of the molecule is COc1ccc(CNC(=O)C/C(C)=N/NC(=O)c2cccc(Cl)c2)cc1. The second kappa shape index (κ2) is 9.58. The van der Waals surface area contributed by atoms with Gasteiger partial charge < -0.3 is 10.1 Å². The van der Waals surface area contributed by atoms with E-state index in [0.29, 0.717) is 22.8 Å². The summed E-state index contributed by atoms with van der Waals surface area (Å²) in [5.74, 6) is 0.197. The molecular formula is C19H20ClN3O3. The summed E-state index contributed by atoms with van der Waals surface area (Å²) in [5, 5.41) is 7.22. The van der Waals surface area contributed by atoms with Gasteiger partial charge in [0, 0.05) is 22.8 Å². The van der Waals surface area contributed by atoms with Crippen LogP contribution in [0.2, 0.25) is 5.02 Å². The fourth-order valence-electron chi connectivity index (χ4n) is 2.12. The van der Waals surface area contributed by atoms with Crippen molar-refractivity contribution in [1.82, 2.24) is 10.7 Å². The van der Waals surface area contributed by atoms with Crippen molar-refractivity contribution in [2.45, 2.75) is 19.9 Å². The molecule has 0 aliphatic heterocycles. The van der Waals surface area contributed by atoms with Crippen molar-refractivity contribution in [3.05, 3.63) is 64.7 Å². The molecule has 0 aromatic heterocycles. The molecule has 0 radical (unpaired) electrons. The molecule has 2 aromatic rings. The number of nitrogens with one attached hydrogen (secondary N) is 2. The van der Waals surface area contributed by atoms with Crippen LogP contribution in [0.4, 0.5) is 0 Å². The van der Waals surface area contributed by atoms with Crippen LogP contribution in [0.5, 0.6) is 5.75 Å². The predicted octanol–water partition coefficient (Wildman–Crippen LogP) is 3.16. The van der Waals surface area contributed by atoms with Gasteiger partial charge in [-0.05, 0) is 42.8 Å². The Morgan fingerprint density at radius 2 is 1.88 bits per heavy atom. The molecule has 26 heavy (non-hydrogen) atoms. The molecule has 2 rings (SSSR count). The Balaban J connectivity index is 1.80. The lowest BCUT2D eigenvalue weighted by atomic mass is 10.2. The van der Waals surface area contributed by atoms with Gasteiger partial charge in [-0.2, -0.15) is 5.10 Å². The van der Waals surface area contributed by atoms with E-state index in [1.54, 1.807) is 38.3 Å². The molecule has 0 aliphatic rings. The topological polar surface area (TPSA) is 79.8 Å². The third kappa shape index (κ3) is 6.22. The maximum absolute atomic E-state index is 12.0. The number of nitrogens with zero attached hydrogens (tertiary/aromatic N) is 1. The van der Waals surface area contributed by atoms with Crippen LogP contribution < -0.4 is 15.5 Å². The Labute approximate surface area is 157 Å². The molecular weight excluding hydrogens is 354 g/mol. The zero-order chi connectivity index (χ0) is 18.9. The molecule has 0 saturated heterocycles. The molecule has 0 spiro atoms. The second-order valence-electron chi connectivity index (χ2n) is 5.60. The third-order valence-corrected chi connectivity index (χ3v) is 3.74. The van der Waals surface area contributed by atoms with Crippen molar-refractivity contribution < 1.29 is 14.3 Å². The predicted molar refractivity (Wildman–Crippen MR) is 101 cm³/mol. The highest BCUT2D eigenvalue weighted by Gasteiger charge is 2.07. The summed E-state index contributed by atoms with van der Waals surface area (Å²) in [5.41, 5.74) is 4.27. The summed E-state index contributed by atoms with van der Waals surface area (Å²) in [4.78, 5) is 23.9. The summed E-state index contributed by atoms with van der Waals surface area (Å²) >= 11 is 5.85. The first-order chi connectivity index (χ1) is 12.5. The number of hydrogen-bond acceptors (Lipinski definition) is 4. The molecule has 2 amide bonds. The Hall–Kier alpha value is -2.86. The van der Waals surface area contributed by atoms with Crippen molar-refractivity contribution in [1.29, 1.82) is 0 Å². The third-order valence-electron chi connectivity index (χ3n) is 3.50. The first-order valence-corrected chi connectivity index (χ1v) is 8.34. The number of hydrogen-bond donors (Lipinski definition) is 2. The summed E-state index contributed by atoms with van der Waals surface area (Å²) in [6.45, 7) is 2.08. The van der Waals surface area contributed by atoms with E-state index in [0.717, 1.165) is 11.3 Å². The number of methoxy groups -OCH3 is 1. The lowest BCUT2D eigenvalue weighted by Crippen LogP contribution is -2.26. The van der Waals surface area contributed by atoms with Crippen LogP contribution in [0.25, 0.3) is 0 Å². The van der Waals surface area contributed by atoms with Crippen molar-refractivity contribution in [3.8, 4) is 5.75 Å². The number of carbonyl (C=O) groups excluding carboxylic acids is 2. The molecule has 136 valence electrons. The first-order valence-electron chi connectivity index (χ1n) is 7.96. The quantitative estimate of drug-likeness (QED) is 0.578. The van der Waals surface area contributed by atoms with Gasteiger partial charge in [0.25, 0.3) is 5.91 Å². The highest BCUT2D eigenvalue weighted by molar-refractivity contribution is 6.30. The molecule has 0 heterocycles. The normalized spacial score (nSPS) is 11.0. The zero-order valence-electron chi connectivity index (χ0n) is 14.6. The number of halogens is 1. The highest BCUT2D eigenvalue weighted by atomic mass is 35.5. The Morgan fingerprint density at radius 3 is 2.54 bits per heavy atom. The van der Waals surface area contributed by atoms with Crippen LogP contribution in [-0.4, -0.2) is 24.6 Å². The maximum atomic E-state index is 12.0. The van der Waals surface area contributed by atoms with Gasteiger partial charge in [0.15, 0.2) is 0 Å². The van der Waals surface area contributed by atoms with Gasteiger partial charge in [0.2, 0.25) is 5.91 Å². The van der Waals surface area contributed by atoms with E-state index in [2.05, 4.69) is 15.8 Å². The number of ether oxygens (including phenoxy) is 1. The first kappa shape index (κ1) is 19.5. The molecule has 6 nitrogen and oxygen atoms in total. The van der Waals surface area contributed by atoms with Gasteiger partial charge in [-0.3, -0.25) is 9.59 Å². The van der Waals surface area contributed by atoms with E-state index < -0.39 is 0 Å². The summed E-state index contributed by atoms with van der Waals surface area (Å²) in [6, 6.07) is 14.0. The highest BCUT2D eigenvalue weighted by Crippen LogP contribution is 2.11. The van der Waals surface area contributed by atoms with Crippen LogP contribution in [0.1, 0.15) is 29.3 Å². The monoisotopic (exact) mass is 373 g/mol. The Bertz CT molecular complexity index is 804. The van der Waals surface area contributed by atoms with Gasteiger partial charge in [0.05, 0.1) is 13.5 Å². The molecule has 0 aliphatic carbocycles. The maximum Gasteiger partial charge on any atom is 0.271 e. The largest absolute Gasteiger partial charge is 0.497 e. The Kier molecular flexibility index (Phi) is 7.17. The van der Waals surface area contributed by atoms with E-state index >= 15 is 0 Å². The fourth-order valence-corrected chi connectivity index (χ4v) is 2.31. The van der Waals surface area contributed by atoms with Crippen molar-refractivity contribution in [2.75, 3.05) is 7.11 Å². The number of benzene rings is 2. The van der Waals surface area contributed by atoms with Crippen LogP contribution in [-0.2, 0) is 11.3 Å². The van der Waals surface area contributed by atoms with Crippen LogP contribution >= 0.6 is 11.6 Å². The van der Waals surface area contributed by atoms with E-state index in [1.807, 2.05) is 24.3 Å². The lowest BCUT2D eigenvalue weighted by molar-refractivity contribution is -0.120. The molecule has 2 aromatic carbocycles. The Morgan fingerprint density at radius 1 is 1.15 bits per heavy atom. The molecule has 0 fully saturated rings. The average Bonchev–Trinajstić information content (AvgIpc) is 2.65. The van der Waals surface area contributed by atoms with Gasteiger partial charge in [-0.15, -0.1) is 0 Å². The summed E-state index contributed by atoms with van der Waals surface area (Å²) < 4.78 is 5.09. The minimum atomic E-state index is -0.384. The van der Waals surface area contributed by atoms with E-state index in [9.17, 15) is 9.59 Å². The number of rotatable bonds is 7. The van der Waals surface area contributed by atoms with Crippen LogP contribution in [0, 0.1) is 0 Å². The van der Waals surface area contributed by atoms with E-state index in [-0.39, 0.29) is 18.2 Å². The van der Waals surface area contributed by atoms with Gasteiger partial charge in [-0.1, -0.05) is 29.8 Å². The molecule has 0 unspecified atom stereocenters. The van der Waals surface area contributed by atoms with Crippen LogP contribution in [0.3, 0.4) is 0 Å². The average molecular weight is 374 g/mol. The fraction of sp³-hybridized carbons (Fsp3) is 0.211. The standard InChI is InChI=1S/C19H20ClN3O3/c1-13(22-23-19(25)15-4-3-5-16(20)11-15)10-18(24)21-12-14-6-8-17(26-2)9-7-14/h3-9,11H,10,12H2,1-2H3,(H,21,24)(H,23,25)/b22-13+. The molecule has 0 bridgehead atoms. The molecule has 2 N–H and O–H groups in total. The minimum Gasteiger partial charge on any atom is -0.497 e. The molecule has 7 heteroatoms. The molecule has 0 saturated carbocycles. The summed E-state index contributed by atoms with van der Waals surface area (Å²) in [7, 11) is 1.60. The van der Waals surface area contributed by atoms with Gasteiger partial charge in [-0.25, -0.2) is 5.43 Å². The number of amides is 2. The molecule has 0 atom stereocenters. The van der Waals surface area contributed by atoms with Crippen molar-refractivity contribution in [3.63, 3.8) is 0 Å². The second-order valence-corrected chi connectivity index (χ2v) is 6.04. The van der Waals surface area contributed by atoms with Crippen molar-refractivity contribution >= 4 is 29.1 Å². The van der Waals surface area contributed by atoms with E-state index in [4.69, 9.17) is 16.3 Å². The summed E-state index contributed by atoms with van der Waals surface area (Å²) in [6.07, 6.45) is 0.0893. The lowest BCUT2D eigenvalue weighted by Gasteiger charge is -2.07. The zero-order valence-corrected chi connectivity index (χ0v) is 15.3. The minimum absolute atomic E-state index is 0.0893. The number of hydrazone groups is 1. The number of carbonyl (C=O) groups is 2. The van der Waals surface area contributed by atoms with E-state index in [1.165, 1.54) is 0 Å². The smallest absolute Gasteiger partial charge is 0.271 e.